The van der Waals surface area contributed by atoms with Gasteiger partial charge in [-0.15, -0.1) is 16.4 Å². The van der Waals surface area contributed by atoms with Crippen molar-refractivity contribution >= 4 is 45.0 Å². The molecule has 0 unspecified atom stereocenters. The third kappa shape index (κ3) is 4.10. The SMILES string of the molecule is Cc1cc(Nc2nc(N)n(-c3ncnc4sc5c(c34)CCC5)n2)cnc1N1CCC(N2CCCC2)CC1. The number of pyridine rings is 1. The zero-order chi connectivity index (χ0) is 24.9. The van der Waals surface area contributed by atoms with E-state index in [0.29, 0.717) is 17.7 Å². The number of aryl methyl sites for hydroxylation is 3. The van der Waals surface area contributed by atoms with Crippen LogP contribution in [0, 0.1) is 6.92 Å². The lowest BCUT2D eigenvalue weighted by Crippen LogP contribution is -2.44. The average molecular weight is 517 g/mol. The van der Waals surface area contributed by atoms with Gasteiger partial charge >= 0.3 is 0 Å². The average Bonchev–Trinajstić information content (AvgIpc) is 3.69. The van der Waals surface area contributed by atoms with Gasteiger partial charge in [-0.1, -0.05) is 0 Å². The summed E-state index contributed by atoms with van der Waals surface area (Å²) in [5.74, 6) is 2.49. The number of rotatable bonds is 5. The lowest BCUT2D eigenvalue weighted by molar-refractivity contribution is 0.207. The summed E-state index contributed by atoms with van der Waals surface area (Å²) in [6, 6.07) is 2.85. The Morgan fingerprint density at radius 3 is 2.65 bits per heavy atom. The zero-order valence-corrected chi connectivity index (χ0v) is 22.0. The quantitative estimate of drug-likeness (QED) is 0.408. The molecular weight excluding hydrogens is 484 g/mol. The lowest BCUT2D eigenvalue weighted by atomic mass is 10.0. The van der Waals surface area contributed by atoms with Gasteiger partial charge < -0.3 is 20.9 Å². The molecule has 1 aliphatic carbocycles. The van der Waals surface area contributed by atoms with Gasteiger partial charge in [-0.2, -0.15) is 9.67 Å². The maximum absolute atomic E-state index is 6.31. The van der Waals surface area contributed by atoms with Crippen molar-refractivity contribution in [3.05, 3.63) is 34.6 Å². The van der Waals surface area contributed by atoms with Crippen molar-refractivity contribution in [2.24, 2.45) is 0 Å². The molecular formula is C26H32N10S. The van der Waals surface area contributed by atoms with Crippen LogP contribution in [0.1, 0.15) is 48.1 Å². The Kier molecular flexibility index (Phi) is 5.69. The normalized spacial score (nSPS) is 18.7. The van der Waals surface area contributed by atoms with E-state index in [4.69, 9.17) is 10.7 Å². The van der Waals surface area contributed by atoms with E-state index in [1.807, 2.05) is 6.20 Å². The molecule has 37 heavy (non-hydrogen) atoms. The van der Waals surface area contributed by atoms with Crippen molar-refractivity contribution < 1.29 is 0 Å². The molecule has 0 bridgehead atoms. The molecule has 7 rings (SSSR count). The fraction of sp³-hybridized carbons (Fsp3) is 0.500. The number of fused-ring (bicyclic) bond motifs is 3. The van der Waals surface area contributed by atoms with Crippen molar-refractivity contribution in [1.29, 1.82) is 0 Å². The molecule has 0 spiro atoms. The van der Waals surface area contributed by atoms with E-state index < -0.39 is 0 Å². The summed E-state index contributed by atoms with van der Waals surface area (Å²) in [5, 5.41) is 9.01. The molecule has 4 aromatic rings. The van der Waals surface area contributed by atoms with Gasteiger partial charge in [0.05, 0.1) is 17.3 Å². The number of likely N-dealkylation sites (tertiary alicyclic amines) is 1. The predicted octanol–water partition coefficient (Wildman–Crippen LogP) is 3.85. The number of hydrogen-bond donors (Lipinski definition) is 2. The van der Waals surface area contributed by atoms with Crippen LogP contribution in [0.2, 0.25) is 0 Å². The summed E-state index contributed by atoms with van der Waals surface area (Å²) in [6.45, 7) is 6.78. The Bertz CT molecular complexity index is 1450. The number of anilines is 4. The third-order valence-corrected chi connectivity index (χ3v) is 9.24. The molecule has 192 valence electrons. The number of nitrogens with two attached hydrogens (primary N) is 1. The van der Waals surface area contributed by atoms with Gasteiger partial charge in [0.2, 0.25) is 11.9 Å². The van der Waals surface area contributed by atoms with Gasteiger partial charge in [0.25, 0.3) is 0 Å². The van der Waals surface area contributed by atoms with E-state index in [1.165, 1.54) is 55.6 Å². The molecule has 4 aromatic heterocycles. The van der Waals surface area contributed by atoms with E-state index in [9.17, 15) is 0 Å². The third-order valence-electron chi connectivity index (χ3n) is 8.04. The van der Waals surface area contributed by atoms with Crippen LogP contribution in [0.3, 0.4) is 0 Å². The van der Waals surface area contributed by atoms with E-state index in [1.54, 1.807) is 22.3 Å². The summed E-state index contributed by atoms with van der Waals surface area (Å²) in [5.41, 5.74) is 9.62. The molecule has 2 saturated heterocycles. The van der Waals surface area contributed by atoms with Crippen LogP contribution in [0.25, 0.3) is 16.0 Å². The first-order valence-corrected chi connectivity index (χ1v) is 14.2. The Labute approximate surface area is 219 Å². The van der Waals surface area contributed by atoms with Gasteiger partial charge in [0.1, 0.15) is 17.0 Å². The highest BCUT2D eigenvalue weighted by atomic mass is 32.1. The Morgan fingerprint density at radius 1 is 1.00 bits per heavy atom. The molecule has 0 amide bonds. The summed E-state index contributed by atoms with van der Waals surface area (Å²) < 4.78 is 1.62. The molecule has 2 aliphatic heterocycles. The van der Waals surface area contributed by atoms with Crippen molar-refractivity contribution in [2.75, 3.05) is 42.1 Å². The maximum atomic E-state index is 6.31. The fourth-order valence-corrected chi connectivity index (χ4v) is 7.47. The minimum atomic E-state index is 0.294. The van der Waals surface area contributed by atoms with Crippen LogP contribution < -0.4 is 16.0 Å². The first-order chi connectivity index (χ1) is 18.1. The number of piperidine rings is 1. The summed E-state index contributed by atoms with van der Waals surface area (Å²) in [6.07, 6.45) is 11.9. The second-order valence-corrected chi connectivity index (χ2v) is 11.5. The fourth-order valence-electron chi connectivity index (χ4n) is 6.25. The topological polar surface area (TPSA) is 114 Å². The first kappa shape index (κ1) is 22.9. The van der Waals surface area contributed by atoms with Crippen molar-refractivity contribution in [3.8, 4) is 5.82 Å². The number of hydrogen-bond acceptors (Lipinski definition) is 10. The van der Waals surface area contributed by atoms with Crippen LogP contribution in [0.5, 0.6) is 0 Å². The second-order valence-electron chi connectivity index (χ2n) is 10.4. The molecule has 0 aromatic carbocycles. The molecule has 0 atom stereocenters. The number of nitrogens with zero attached hydrogens (tertiary/aromatic N) is 8. The Hall–Kier alpha value is -3.31. The number of thiophene rings is 1. The molecule has 3 aliphatic rings. The minimum absolute atomic E-state index is 0.294. The summed E-state index contributed by atoms with van der Waals surface area (Å²) in [7, 11) is 0. The van der Waals surface area contributed by atoms with E-state index in [0.717, 1.165) is 59.3 Å². The van der Waals surface area contributed by atoms with Crippen LogP contribution >= 0.6 is 11.3 Å². The summed E-state index contributed by atoms with van der Waals surface area (Å²) >= 11 is 1.75. The maximum Gasteiger partial charge on any atom is 0.248 e. The molecule has 3 N–H and O–H groups in total. The van der Waals surface area contributed by atoms with Gasteiger partial charge in [-0.25, -0.2) is 15.0 Å². The van der Waals surface area contributed by atoms with E-state index in [-0.39, 0.29) is 0 Å². The lowest BCUT2D eigenvalue weighted by Gasteiger charge is -2.37. The van der Waals surface area contributed by atoms with Gasteiger partial charge in [-0.05, 0) is 82.2 Å². The van der Waals surface area contributed by atoms with Crippen molar-refractivity contribution in [3.63, 3.8) is 0 Å². The van der Waals surface area contributed by atoms with Crippen LogP contribution in [-0.4, -0.2) is 66.8 Å². The van der Waals surface area contributed by atoms with Gasteiger partial charge in [-0.3, -0.25) is 0 Å². The van der Waals surface area contributed by atoms with E-state index >= 15 is 0 Å². The number of nitrogen functional groups attached to an aromatic ring is 1. The monoisotopic (exact) mass is 516 g/mol. The number of aromatic nitrogens is 6. The molecule has 2 fully saturated rings. The van der Waals surface area contributed by atoms with E-state index in [2.05, 4.69) is 48.2 Å². The van der Waals surface area contributed by atoms with Gasteiger partial charge in [0, 0.05) is 24.0 Å². The van der Waals surface area contributed by atoms with Crippen molar-refractivity contribution in [1.82, 2.24) is 34.6 Å². The molecule has 11 heteroatoms. The molecule has 10 nitrogen and oxygen atoms in total. The van der Waals surface area contributed by atoms with Crippen molar-refractivity contribution in [2.45, 2.75) is 57.9 Å². The Morgan fingerprint density at radius 2 is 1.84 bits per heavy atom. The largest absolute Gasteiger partial charge is 0.368 e. The van der Waals surface area contributed by atoms with Crippen LogP contribution in [-0.2, 0) is 12.8 Å². The highest BCUT2D eigenvalue weighted by Crippen LogP contribution is 2.38. The second kappa shape index (κ2) is 9.21. The number of nitrogens with one attached hydrogen (secondary N) is 1. The molecule has 0 saturated carbocycles. The van der Waals surface area contributed by atoms with Gasteiger partial charge in [0.15, 0.2) is 5.82 Å². The minimum Gasteiger partial charge on any atom is -0.368 e. The smallest absolute Gasteiger partial charge is 0.248 e. The highest BCUT2D eigenvalue weighted by molar-refractivity contribution is 7.19. The Balaban J connectivity index is 1.09. The molecule has 6 heterocycles. The highest BCUT2D eigenvalue weighted by Gasteiger charge is 2.28. The standard InChI is InChI=1S/C26H32N10S/c1-16-13-17(14-28-22(16)35-11-7-18(8-12-35)34-9-2-3-10-34)31-26-32-25(27)36(33-26)23-21-19-5-4-6-20(19)37-24(21)30-15-29-23/h13-15,18H,2-12H2,1H3,(H3,27,31,32,33). The zero-order valence-electron chi connectivity index (χ0n) is 21.2. The first-order valence-electron chi connectivity index (χ1n) is 13.3. The summed E-state index contributed by atoms with van der Waals surface area (Å²) in [4.78, 5) is 25.8. The predicted molar refractivity (Wildman–Crippen MR) is 147 cm³/mol. The molecule has 0 radical (unpaired) electrons. The van der Waals surface area contributed by atoms with Crippen LogP contribution in [0.4, 0.5) is 23.4 Å². The van der Waals surface area contributed by atoms with Crippen LogP contribution in [0.15, 0.2) is 18.6 Å².